The first-order chi connectivity index (χ1) is 9.25. The van der Waals surface area contributed by atoms with Crippen LogP contribution in [-0.4, -0.2) is 44.3 Å². The molecule has 1 fully saturated rings. The summed E-state index contributed by atoms with van der Waals surface area (Å²) in [5, 5.41) is 3.33. The van der Waals surface area contributed by atoms with Crippen LogP contribution in [0, 0.1) is 0 Å². The number of morpholine rings is 1. The fourth-order valence-corrected chi connectivity index (χ4v) is 2.08. The molecule has 1 aliphatic heterocycles. The maximum atomic E-state index is 12.4. The van der Waals surface area contributed by atoms with Gasteiger partial charge in [0.25, 0.3) is 6.43 Å². The third kappa shape index (κ3) is 4.86. The maximum absolute atomic E-state index is 12.4. The number of alkyl halides is 2. The van der Waals surface area contributed by atoms with Gasteiger partial charge in [-0.1, -0.05) is 24.3 Å². The summed E-state index contributed by atoms with van der Waals surface area (Å²) in [5.74, 6) is 0. The quantitative estimate of drug-likeness (QED) is 0.801. The Kier molecular flexibility index (Phi) is 5.69. The molecule has 1 aliphatic rings. The molecule has 106 valence electrons. The minimum Gasteiger partial charge on any atom is -0.379 e. The molecule has 0 unspecified atom stereocenters. The van der Waals surface area contributed by atoms with Crippen LogP contribution in [0.3, 0.4) is 0 Å². The molecular weight excluding hydrogens is 250 g/mol. The number of hydrogen-bond donors (Lipinski definition) is 1. The second-order valence-corrected chi connectivity index (χ2v) is 4.67. The molecule has 1 aromatic rings. The summed E-state index contributed by atoms with van der Waals surface area (Å²) in [6.07, 6.45) is -2.39. The van der Waals surface area contributed by atoms with Crippen molar-refractivity contribution in [2.24, 2.45) is 0 Å². The van der Waals surface area contributed by atoms with Crippen molar-refractivity contribution in [3.63, 3.8) is 0 Å². The second-order valence-electron chi connectivity index (χ2n) is 4.67. The van der Waals surface area contributed by atoms with Crippen LogP contribution in [0.15, 0.2) is 24.3 Å². The fourth-order valence-electron chi connectivity index (χ4n) is 2.08. The van der Waals surface area contributed by atoms with Gasteiger partial charge in [0.2, 0.25) is 0 Å². The lowest BCUT2D eigenvalue weighted by atomic mass is 10.1. The molecule has 1 saturated heterocycles. The molecular formula is C14H20F2N2O. The smallest absolute Gasteiger partial charge is 0.263 e. The third-order valence-corrected chi connectivity index (χ3v) is 3.27. The first-order valence-corrected chi connectivity index (χ1v) is 6.63. The van der Waals surface area contributed by atoms with Crippen molar-refractivity contribution in [1.82, 2.24) is 10.2 Å². The molecule has 5 heteroatoms. The number of halogens is 2. The van der Waals surface area contributed by atoms with Gasteiger partial charge < -0.3 is 10.1 Å². The molecule has 0 amide bonds. The van der Waals surface area contributed by atoms with Crippen LogP contribution in [0.25, 0.3) is 0 Å². The highest BCUT2D eigenvalue weighted by Crippen LogP contribution is 2.18. The monoisotopic (exact) mass is 270 g/mol. The number of rotatable bonds is 6. The third-order valence-electron chi connectivity index (χ3n) is 3.27. The molecule has 1 aromatic carbocycles. The number of hydrogen-bond acceptors (Lipinski definition) is 3. The molecule has 0 aromatic heterocycles. The predicted molar refractivity (Wildman–Crippen MR) is 70.4 cm³/mol. The van der Waals surface area contributed by atoms with Gasteiger partial charge in [0.15, 0.2) is 0 Å². The summed E-state index contributed by atoms with van der Waals surface area (Å²) >= 11 is 0. The molecule has 2 rings (SSSR count). The van der Waals surface area contributed by atoms with Gasteiger partial charge in [-0.2, -0.15) is 0 Å². The lowest BCUT2D eigenvalue weighted by molar-refractivity contribution is 0.0384. The SMILES string of the molecule is FC(F)c1ccc(CNCCN2CCOCC2)cc1. The van der Waals surface area contributed by atoms with Crippen molar-refractivity contribution in [2.75, 3.05) is 39.4 Å². The fraction of sp³-hybridized carbons (Fsp3) is 0.571. The van der Waals surface area contributed by atoms with Crippen molar-refractivity contribution in [1.29, 1.82) is 0 Å². The van der Waals surface area contributed by atoms with E-state index >= 15 is 0 Å². The summed E-state index contributed by atoms with van der Waals surface area (Å²) in [5.41, 5.74) is 1.11. The van der Waals surface area contributed by atoms with Crippen LogP contribution in [0.5, 0.6) is 0 Å². The van der Waals surface area contributed by atoms with Crippen molar-refractivity contribution < 1.29 is 13.5 Å². The van der Waals surface area contributed by atoms with Gasteiger partial charge in [0.05, 0.1) is 13.2 Å². The second kappa shape index (κ2) is 7.53. The van der Waals surface area contributed by atoms with Gasteiger partial charge in [0.1, 0.15) is 0 Å². The lowest BCUT2D eigenvalue weighted by Gasteiger charge is -2.26. The van der Waals surface area contributed by atoms with Gasteiger partial charge >= 0.3 is 0 Å². The number of nitrogens with one attached hydrogen (secondary N) is 1. The van der Waals surface area contributed by atoms with Crippen LogP contribution in [0.2, 0.25) is 0 Å². The summed E-state index contributed by atoms with van der Waals surface area (Å²) in [6.45, 7) is 6.22. The molecule has 0 radical (unpaired) electrons. The average Bonchev–Trinajstić information content (AvgIpc) is 2.45. The minimum atomic E-state index is -2.39. The highest BCUT2D eigenvalue weighted by molar-refractivity contribution is 5.23. The summed E-state index contributed by atoms with van der Waals surface area (Å²) in [6, 6.07) is 6.49. The van der Waals surface area contributed by atoms with Gasteiger partial charge in [0, 0.05) is 38.3 Å². The minimum absolute atomic E-state index is 0.0806. The lowest BCUT2D eigenvalue weighted by Crippen LogP contribution is -2.40. The van der Waals surface area contributed by atoms with E-state index in [1.165, 1.54) is 12.1 Å². The molecule has 0 atom stereocenters. The van der Waals surface area contributed by atoms with Crippen molar-refractivity contribution in [3.8, 4) is 0 Å². The number of ether oxygens (including phenoxy) is 1. The topological polar surface area (TPSA) is 24.5 Å². The van der Waals surface area contributed by atoms with Crippen LogP contribution in [-0.2, 0) is 11.3 Å². The highest BCUT2D eigenvalue weighted by atomic mass is 19.3. The largest absolute Gasteiger partial charge is 0.379 e. The first-order valence-electron chi connectivity index (χ1n) is 6.63. The Bertz CT molecular complexity index is 364. The maximum Gasteiger partial charge on any atom is 0.263 e. The normalized spacial score (nSPS) is 17.0. The Morgan fingerprint density at radius 2 is 1.84 bits per heavy atom. The first kappa shape index (κ1) is 14.4. The van der Waals surface area contributed by atoms with Gasteiger partial charge in [-0.05, 0) is 5.56 Å². The van der Waals surface area contributed by atoms with Crippen LogP contribution in [0.4, 0.5) is 8.78 Å². The van der Waals surface area contributed by atoms with E-state index in [1.54, 1.807) is 12.1 Å². The van der Waals surface area contributed by atoms with Crippen LogP contribution in [0.1, 0.15) is 17.6 Å². The van der Waals surface area contributed by atoms with Crippen LogP contribution >= 0.6 is 0 Å². The van der Waals surface area contributed by atoms with E-state index in [9.17, 15) is 8.78 Å². The summed E-state index contributed by atoms with van der Waals surface area (Å²) < 4.78 is 30.0. The van der Waals surface area contributed by atoms with E-state index in [4.69, 9.17) is 4.74 Å². The van der Waals surface area contributed by atoms with E-state index in [0.717, 1.165) is 45.0 Å². The average molecular weight is 270 g/mol. The van der Waals surface area contributed by atoms with E-state index < -0.39 is 6.43 Å². The number of benzene rings is 1. The van der Waals surface area contributed by atoms with Gasteiger partial charge in [-0.3, -0.25) is 4.90 Å². The summed E-state index contributed by atoms with van der Waals surface area (Å²) in [7, 11) is 0. The Morgan fingerprint density at radius 3 is 2.47 bits per heavy atom. The molecule has 3 nitrogen and oxygen atoms in total. The summed E-state index contributed by atoms with van der Waals surface area (Å²) in [4.78, 5) is 2.36. The Morgan fingerprint density at radius 1 is 1.16 bits per heavy atom. The zero-order chi connectivity index (χ0) is 13.5. The molecule has 0 bridgehead atoms. The van der Waals surface area contributed by atoms with Crippen molar-refractivity contribution in [3.05, 3.63) is 35.4 Å². The van der Waals surface area contributed by atoms with Crippen molar-refractivity contribution in [2.45, 2.75) is 13.0 Å². The van der Waals surface area contributed by atoms with E-state index in [2.05, 4.69) is 10.2 Å². The Hall–Kier alpha value is -1.04. The van der Waals surface area contributed by atoms with Crippen molar-refractivity contribution >= 4 is 0 Å². The zero-order valence-electron chi connectivity index (χ0n) is 10.9. The predicted octanol–water partition coefficient (Wildman–Crippen LogP) is 2.05. The molecule has 19 heavy (non-hydrogen) atoms. The number of nitrogens with zero attached hydrogens (tertiary/aromatic N) is 1. The highest BCUT2D eigenvalue weighted by Gasteiger charge is 2.09. The molecule has 0 spiro atoms. The van der Waals surface area contributed by atoms with Gasteiger partial charge in [-0.15, -0.1) is 0 Å². The Balaban J connectivity index is 1.64. The molecule has 0 aliphatic carbocycles. The van der Waals surface area contributed by atoms with E-state index in [1.807, 2.05) is 0 Å². The van der Waals surface area contributed by atoms with E-state index in [-0.39, 0.29) is 5.56 Å². The van der Waals surface area contributed by atoms with Crippen LogP contribution < -0.4 is 5.32 Å². The Labute approximate surface area is 112 Å². The molecule has 1 N–H and O–H groups in total. The van der Waals surface area contributed by atoms with Gasteiger partial charge in [-0.25, -0.2) is 8.78 Å². The molecule has 0 saturated carbocycles. The molecule has 1 heterocycles. The standard InChI is InChI=1S/C14H20F2N2O/c15-14(16)13-3-1-12(2-4-13)11-17-5-6-18-7-9-19-10-8-18/h1-4,14,17H,5-11H2. The van der Waals surface area contributed by atoms with E-state index in [0.29, 0.717) is 6.54 Å². The zero-order valence-corrected chi connectivity index (χ0v) is 10.9.